The van der Waals surface area contributed by atoms with E-state index in [1.165, 1.54) is 34.4 Å². The van der Waals surface area contributed by atoms with Gasteiger partial charge in [-0.1, -0.05) is 18.2 Å². The zero-order valence-electron chi connectivity index (χ0n) is 17.7. The van der Waals surface area contributed by atoms with E-state index < -0.39 is 11.2 Å². The van der Waals surface area contributed by atoms with Gasteiger partial charge in [-0.2, -0.15) is 5.10 Å². The van der Waals surface area contributed by atoms with Crippen molar-refractivity contribution in [2.45, 2.75) is 38.9 Å². The predicted octanol–water partition coefficient (Wildman–Crippen LogP) is 0.0488. The lowest BCUT2D eigenvalue weighted by atomic mass is 10.1. The molecule has 168 valence electrons. The Morgan fingerprint density at radius 3 is 2.50 bits per heavy atom. The molecule has 32 heavy (non-hydrogen) atoms. The summed E-state index contributed by atoms with van der Waals surface area (Å²) >= 11 is 0. The van der Waals surface area contributed by atoms with E-state index >= 15 is 0 Å². The Morgan fingerprint density at radius 2 is 1.75 bits per heavy atom. The summed E-state index contributed by atoms with van der Waals surface area (Å²) in [6.07, 6.45) is 3.79. The summed E-state index contributed by atoms with van der Waals surface area (Å²) in [7, 11) is 0. The lowest BCUT2D eigenvalue weighted by Crippen LogP contribution is -2.33. The van der Waals surface area contributed by atoms with Crippen molar-refractivity contribution < 1.29 is 4.79 Å². The number of amides is 1. The van der Waals surface area contributed by atoms with Gasteiger partial charge in [-0.05, 0) is 32.0 Å². The Kier molecular flexibility index (Phi) is 6.60. The SMILES string of the molecule is O=C(CCn1ccc(=O)[nH]c1=O)NCc1nn(CCN2CCCC2)c(=O)c2ccccc12. The van der Waals surface area contributed by atoms with E-state index in [-0.39, 0.29) is 31.0 Å². The third-order valence-electron chi connectivity index (χ3n) is 5.70. The van der Waals surface area contributed by atoms with Crippen molar-refractivity contribution in [3.8, 4) is 0 Å². The summed E-state index contributed by atoms with van der Waals surface area (Å²) in [6.45, 7) is 3.67. The van der Waals surface area contributed by atoms with E-state index in [4.69, 9.17) is 0 Å². The zero-order valence-corrected chi connectivity index (χ0v) is 17.7. The van der Waals surface area contributed by atoms with E-state index in [1.807, 2.05) is 18.2 Å². The number of hydrogen-bond acceptors (Lipinski definition) is 6. The second-order valence-corrected chi connectivity index (χ2v) is 7.90. The minimum atomic E-state index is -0.553. The van der Waals surface area contributed by atoms with Crippen LogP contribution in [0.1, 0.15) is 25.0 Å². The largest absolute Gasteiger partial charge is 0.350 e. The van der Waals surface area contributed by atoms with Crippen LogP contribution >= 0.6 is 0 Å². The molecule has 1 amide bonds. The monoisotopic (exact) mass is 438 g/mol. The van der Waals surface area contributed by atoms with E-state index in [2.05, 4.69) is 20.3 Å². The first kappa shape index (κ1) is 21.7. The maximum atomic E-state index is 12.9. The van der Waals surface area contributed by atoms with Gasteiger partial charge < -0.3 is 14.8 Å². The highest BCUT2D eigenvalue weighted by atomic mass is 16.2. The molecule has 0 unspecified atom stereocenters. The van der Waals surface area contributed by atoms with Crippen molar-refractivity contribution in [2.24, 2.45) is 0 Å². The third-order valence-corrected chi connectivity index (χ3v) is 5.70. The van der Waals surface area contributed by atoms with Gasteiger partial charge in [0.1, 0.15) is 0 Å². The number of rotatable bonds is 8. The molecule has 0 radical (unpaired) electrons. The maximum Gasteiger partial charge on any atom is 0.328 e. The van der Waals surface area contributed by atoms with Gasteiger partial charge in [0.05, 0.1) is 24.2 Å². The van der Waals surface area contributed by atoms with Crippen molar-refractivity contribution in [1.29, 1.82) is 0 Å². The molecule has 1 aliphatic heterocycles. The van der Waals surface area contributed by atoms with Crippen LogP contribution in [0.3, 0.4) is 0 Å². The number of nitrogens with one attached hydrogen (secondary N) is 2. The van der Waals surface area contributed by atoms with E-state index in [0.717, 1.165) is 19.6 Å². The minimum absolute atomic E-state index is 0.0679. The van der Waals surface area contributed by atoms with Crippen LogP contribution in [-0.2, 0) is 24.4 Å². The van der Waals surface area contributed by atoms with Gasteiger partial charge in [-0.3, -0.25) is 19.4 Å². The predicted molar refractivity (Wildman–Crippen MR) is 119 cm³/mol. The van der Waals surface area contributed by atoms with Crippen LogP contribution in [-0.4, -0.2) is 49.8 Å². The number of fused-ring (bicyclic) bond motifs is 1. The molecule has 1 aliphatic rings. The fraction of sp³-hybridized carbons (Fsp3) is 0.409. The zero-order chi connectivity index (χ0) is 22.5. The summed E-state index contributed by atoms with van der Waals surface area (Å²) in [5, 5.41) is 8.66. The molecule has 10 nitrogen and oxygen atoms in total. The highest BCUT2D eigenvalue weighted by Crippen LogP contribution is 2.13. The van der Waals surface area contributed by atoms with Crippen molar-refractivity contribution in [3.05, 3.63) is 73.4 Å². The van der Waals surface area contributed by atoms with Crippen molar-refractivity contribution in [1.82, 2.24) is 29.5 Å². The number of benzene rings is 1. The smallest absolute Gasteiger partial charge is 0.328 e. The standard InChI is InChI=1S/C22H26N6O4/c29-19(7-11-27-12-8-20(30)24-22(27)32)23-15-18-16-5-1-2-6-17(16)21(31)28(25-18)14-13-26-9-3-4-10-26/h1-2,5-6,8,12H,3-4,7,9-11,13-15H2,(H,23,29)(H,24,30,32). The molecule has 2 aromatic heterocycles. The molecule has 2 N–H and O–H groups in total. The Bertz CT molecular complexity index is 1290. The Labute approximate surface area is 183 Å². The fourth-order valence-electron chi connectivity index (χ4n) is 3.94. The molecule has 10 heteroatoms. The maximum absolute atomic E-state index is 12.9. The van der Waals surface area contributed by atoms with Crippen molar-refractivity contribution in [2.75, 3.05) is 19.6 Å². The van der Waals surface area contributed by atoms with Crippen LogP contribution in [0.2, 0.25) is 0 Å². The number of aryl methyl sites for hydroxylation is 1. The van der Waals surface area contributed by atoms with Gasteiger partial charge in [0.25, 0.3) is 11.1 Å². The van der Waals surface area contributed by atoms with Crippen molar-refractivity contribution in [3.63, 3.8) is 0 Å². The number of nitrogens with zero attached hydrogens (tertiary/aromatic N) is 4. The van der Waals surface area contributed by atoms with Gasteiger partial charge in [-0.25, -0.2) is 9.48 Å². The molecule has 0 bridgehead atoms. The van der Waals surface area contributed by atoms with Crippen LogP contribution in [0.25, 0.3) is 10.8 Å². The highest BCUT2D eigenvalue weighted by Gasteiger charge is 2.15. The van der Waals surface area contributed by atoms with Crippen LogP contribution < -0.4 is 22.1 Å². The van der Waals surface area contributed by atoms with Crippen molar-refractivity contribution >= 4 is 16.7 Å². The third kappa shape index (κ3) is 5.02. The Morgan fingerprint density at radius 1 is 1.00 bits per heavy atom. The number of H-pyrrole nitrogens is 1. The topological polar surface area (TPSA) is 122 Å². The fourth-order valence-corrected chi connectivity index (χ4v) is 3.94. The van der Waals surface area contributed by atoms with E-state index in [1.54, 1.807) is 6.07 Å². The van der Waals surface area contributed by atoms with Gasteiger partial charge in [0.15, 0.2) is 0 Å². The molecule has 1 saturated heterocycles. The Balaban J connectivity index is 1.45. The lowest BCUT2D eigenvalue weighted by Gasteiger charge is -2.16. The van der Waals surface area contributed by atoms with Gasteiger partial charge >= 0.3 is 5.69 Å². The Hall–Kier alpha value is -3.53. The molecule has 3 aromatic rings. The average Bonchev–Trinajstić information content (AvgIpc) is 3.31. The summed E-state index contributed by atoms with van der Waals surface area (Å²) in [5.74, 6) is -0.260. The number of carbonyl (C=O) groups excluding carboxylic acids is 1. The molecule has 0 spiro atoms. The van der Waals surface area contributed by atoms with E-state index in [0.29, 0.717) is 23.0 Å². The quantitative estimate of drug-likeness (QED) is 0.512. The van der Waals surface area contributed by atoms with Gasteiger partial charge in [-0.15, -0.1) is 0 Å². The molecular weight excluding hydrogens is 412 g/mol. The first-order valence-electron chi connectivity index (χ1n) is 10.8. The second kappa shape index (κ2) is 9.73. The molecule has 4 rings (SSSR count). The number of likely N-dealkylation sites (tertiary alicyclic amines) is 1. The second-order valence-electron chi connectivity index (χ2n) is 7.90. The van der Waals surface area contributed by atoms with Crippen LogP contribution in [0.5, 0.6) is 0 Å². The molecule has 0 atom stereocenters. The summed E-state index contributed by atoms with van der Waals surface area (Å²) in [5.41, 5.74) is -0.542. The van der Waals surface area contributed by atoms with Crippen LogP contribution in [0.4, 0.5) is 0 Å². The molecule has 1 aromatic carbocycles. The summed E-state index contributed by atoms with van der Waals surface area (Å²) < 4.78 is 2.76. The first-order chi connectivity index (χ1) is 15.5. The summed E-state index contributed by atoms with van der Waals surface area (Å²) in [6, 6.07) is 8.50. The summed E-state index contributed by atoms with van der Waals surface area (Å²) in [4.78, 5) is 52.6. The normalized spacial score (nSPS) is 14.1. The molecule has 0 saturated carbocycles. The first-order valence-corrected chi connectivity index (χ1v) is 10.8. The molecule has 3 heterocycles. The molecular formula is C22H26N6O4. The average molecular weight is 438 g/mol. The van der Waals surface area contributed by atoms with Gasteiger partial charge in [0.2, 0.25) is 5.91 Å². The number of hydrogen-bond donors (Lipinski definition) is 2. The van der Waals surface area contributed by atoms with Crippen LogP contribution in [0.15, 0.2) is 50.9 Å². The van der Waals surface area contributed by atoms with E-state index in [9.17, 15) is 19.2 Å². The number of aromatic nitrogens is 4. The van der Waals surface area contributed by atoms with Crippen LogP contribution in [0, 0.1) is 0 Å². The highest BCUT2D eigenvalue weighted by molar-refractivity contribution is 5.84. The molecule has 0 aliphatic carbocycles. The molecule has 1 fully saturated rings. The van der Waals surface area contributed by atoms with Gasteiger partial charge in [0, 0.05) is 37.2 Å². The minimum Gasteiger partial charge on any atom is -0.350 e. The number of carbonyl (C=O) groups is 1. The lowest BCUT2D eigenvalue weighted by molar-refractivity contribution is -0.121. The number of aromatic amines is 1.